The van der Waals surface area contributed by atoms with Crippen LogP contribution in [0.5, 0.6) is 17.5 Å². The lowest BCUT2D eigenvalue weighted by Gasteiger charge is -2.31. The van der Waals surface area contributed by atoms with Gasteiger partial charge in [0.25, 0.3) is 0 Å². The fraction of sp³-hybridized carbons (Fsp3) is 0.355. The van der Waals surface area contributed by atoms with Gasteiger partial charge in [0, 0.05) is 29.1 Å². The summed E-state index contributed by atoms with van der Waals surface area (Å²) in [5, 5.41) is 15.0. The highest BCUT2D eigenvalue weighted by Crippen LogP contribution is 2.38. The van der Waals surface area contributed by atoms with Crippen molar-refractivity contribution in [3.05, 3.63) is 89.0 Å². The summed E-state index contributed by atoms with van der Waals surface area (Å²) in [5.74, 6) is 1.14. The van der Waals surface area contributed by atoms with Gasteiger partial charge in [-0.25, -0.2) is 0 Å². The van der Waals surface area contributed by atoms with E-state index in [-0.39, 0.29) is 48.3 Å². The third kappa shape index (κ3) is 6.97. The quantitative estimate of drug-likeness (QED) is 0.244. The molecule has 1 unspecified atom stereocenters. The summed E-state index contributed by atoms with van der Waals surface area (Å²) < 4.78 is 12.4. The first-order valence-corrected chi connectivity index (χ1v) is 13.5. The fourth-order valence-electron chi connectivity index (χ4n) is 5.26. The maximum absolute atomic E-state index is 14.2. The van der Waals surface area contributed by atoms with E-state index in [0.29, 0.717) is 24.8 Å². The Morgan fingerprint density at radius 2 is 1.90 bits per heavy atom. The summed E-state index contributed by atoms with van der Waals surface area (Å²) in [5.41, 5.74) is 5.22. The van der Waals surface area contributed by atoms with Crippen molar-refractivity contribution in [1.82, 2.24) is 19.7 Å². The molecule has 9 nitrogen and oxygen atoms in total. The Balaban J connectivity index is 0.00000242. The van der Waals surface area contributed by atoms with Crippen LogP contribution >= 0.6 is 24.8 Å². The highest BCUT2D eigenvalue weighted by atomic mass is 35.5. The van der Waals surface area contributed by atoms with Gasteiger partial charge < -0.3 is 19.5 Å². The van der Waals surface area contributed by atoms with E-state index < -0.39 is 0 Å². The molecule has 42 heavy (non-hydrogen) atoms. The number of carbonyl (C=O) groups is 1. The number of pyridine rings is 2. The zero-order chi connectivity index (χ0) is 28.2. The number of ether oxygens (including phenoxy) is 2. The largest absolute Gasteiger partial charge is 0.508 e. The van der Waals surface area contributed by atoms with Gasteiger partial charge in [0.1, 0.15) is 5.75 Å². The molecule has 11 heteroatoms. The van der Waals surface area contributed by atoms with Crippen LogP contribution < -0.4 is 14.4 Å². The predicted octanol–water partition coefficient (Wildman–Crippen LogP) is 6.06. The monoisotopic (exact) mass is 613 g/mol. The first-order chi connectivity index (χ1) is 19.4. The standard InChI is InChI=1S/C31H35N5O4.2ClH/c1-20(2)27-13-12-23(16-32-27)36(31(38)26-9-5-8-25-24(26)7-6-10-28(25)37)18-21-15-33-35(17-21)19-22-11-14-29(39-3)34-30(22)40-4;;/h6-7,10-17,20,26,37H,5,8-9,18-19H2,1-4H3;2*1H. The summed E-state index contributed by atoms with van der Waals surface area (Å²) in [6, 6.07) is 13.1. The molecular weight excluding hydrogens is 577 g/mol. The number of halogens is 2. The molecule has 5 rings (SSSR count). The van der Waals surface area contributed by atoms with Crippen molar-refractivity contribution in [2.75, 3.05) is 19.1 Å². The first kappa shape index (κ1) is 32.7. The fourth-order valence-corrected chi connectivity index (χ4v) is 5.26. The van der Waals surface area contributed by atoms with Crippen LogP contribution in [0.4, 0.5) is 5.69 Å². The molecule has 0 saturated heterocycles. The third-order valence-electron chi connectivity index (χ3n) is 7.40. The Morgan fingerprint density at radius 1 is 1.10 bits per heavy atom. The van der Waals surface area contributed by atoms with Crippen molar-refractivity contribution >= 4 is 36.4 Å². The van der Waals surface area contributed by atoms with Crippen molar-refractivity contribution in [2.24, 2.45) is 0 Å². The van der Waals surface area contributed by atoms with Gasteiger partial charge in [-0.3, -0.25) is 14.5 Å². The summed E-state index contributed by atoms with van der Waals surface area (Å²) in [6.07, 6.45) is 7.83. The third-order valence-corrected chi connectivity index (χ3v) is 7.40. The molecule has 224 valence electrons. The summed E-state index contributed by atoms with van der Waals surface area (Å²) in [6.45, 7) is 4.98. The summed E-state index contributed by atoms with van der Waals surface area (Å²) >= 11 is 0. The molecule has 0 radical (unpaired) electrons. The Bertz CT molecular complexity index is 1490. The topological polar surface area (TPSA) is 103 Å². The van der Waals surface area contributed by atoms with E-state index in [1.807, 2.05) is 36.5 Å². The number of amides is 1. The van der Waals surface area contributed by atoms with E-state index >= 15 is 0 Å². The van der Waals surface area contributed by atoms with Gasteiger partial charge >= 0.3 is 0 Å². The minimum atomic E-state index is -0.342. The number of benzene rings is 1. The number of methoxy groups -OCH3 is 2. The molecule has 1 amide bonds. The van der Waals surface area contributed by atoms with Crippen LogP contribution in [0.2, 0.25) is 0 Å². The van der Waals surface area contributed by atoms with Crippen LogP contribution in [0, 0.1) is 0 Å². The van der Waals surface area contributed by atoms with E-state index in [2.05, 4.69) is 28.9 Å². The second-order valence-corrected chi connectivity index (χ2v) is 10.4. The van der Waals surface area contributed by atoms with Crippen LogP contribution in [0.25, 0.3) is 0 Å². The maximum atomic E-state index is 14.2. The van der Waals surface area contributed by atoms with Gasteiger partial charge in [-0.1, -0.05) is 26.0 Å². The summed E-state index contributed by atoms with van der Waals surface area (Å²) in [4.78, 5) is 25.0. The van der Waals surface area contributed by atoms with E-state index in [1.54, 1.807) is 48.3 Å². The molecule has 1 aliphatic rings. The zero-order valence-electron chi connectivity index (χ0n) is 24.2. The van der Waals surface area contributed by atoms with E-state index in [0.717, 1.165) is 52.9 Å². The summed E-state index contributed by atoms with van der Waals surface area (Å²) in [7, 11) is 3.14. The number of phenolic OH excluding ortho intramolecular Hbond substituents is 1. The lowest BCUT2D eigenvalue weighted by atomic mass is 9.81. The number of fused-ring (bicyclic) bond motifs is 1. The molecule has 0 aliphatic heterocycles. The number of aromatic nitrogens is 4. The number of anilines is 1. The van der Waals surface area contributed by atoms with Gasteiger partial charge in [0.05, 0.1) is 51.3 Å². The first-order valence-electron chi connectivity index (χ1n) is 13.5. The molecule has 0 spiro atoms. The average Bonchev–Trinajstić information content (AvgIpc) is 3.42. The molecule has 3 aromatic heterocycles. The maximum Gasteiger partial charge on any atom is 0.234 e. The molecule has 1 aromatic carbocycles. The Kier molecular flexibility index (Phi) is 11.2. The van der Waals surface area contributed by atoms with Crippen molar-refractivity contribution in [1.29, 1.82) is 0 Å². The van der Waals surface area contributed by atoms with Crippen LogP contribution in [-0.4, -0.2) is 45.0 Å². The number of phenols is 1. The lowest BCUT2D eigenvalue weighted by Crippen LogP contribution is -2.36. The molecule has 3 heterocycles. The predicted molar refractivity (Wildman–Crippen MR) is 166 cm³/mol. The van der Waals surface area contributed by atoms with Crippen LogP contribution in [0.1, 0.15) is 66.5 Å². The van der Waals surface area contributed by atoms with Crippen LogP contribution in [0.15, 0.2) is 61.1 Å². The number of hydrogen-bond acceptors (Lipinski definition) is 7. The Hall–Kier alpha value is -3.82. The second-order valence-electron chi connectivity index (χ2n) is 10.4. The molecule has 4 aromatic rings. The van der Waals surface area contributed by atoms with Crippen LogP contribution in [-0.2, 0) is 24.3 Å². The van der Waals surface area contributed by atoms with Crippen molar-refractivity contribution in [2.45, 2.75) is 58.0 Å². The highest BCUT2D eigenvalue weighted by molar-refractivity contribution is 5.98. The average molecular weight is 615 g/mol. The van der Waals surface area contributed by atoms with Gasteiger partial charge in [-0.15, -0.1) is 24.8 Å². The normalized spacial score (nSPS) is 13.9. The van der Waals surface area contributed by atoms with Gasteiger partial charge in [0.2, 0.25) is 17.7 Å². The highest BCUT2D eigenvalue weighted by Gasteiger charge is 2.32. The van der Waals surface area contributed by atoms with Gasteiger partial charge in [-0.2, -0.15) is 10.1 Å². The smallest absolute Gasteiger partial charge is 0.234 e. The number of rotatable bonds is 9. The Labute approximate surface area is 258 Å². The number of carbonyl (C=O) groups excluding carboxylic acids is 1. The van der Waals surface area contributed by atoms with Crippen LogP contribution in [0.3, 0.4) is 0 Å². The molecule has 0 saturated carbocycles. The second kappa shape index (κ2) is 14.4. The molecule has 1 N–H and O–H groups in total. The number of nitrogens with zero attached hydrogens (tertiary/aromatic N) is 5. The van der Waals surface area contributed by atoms with Gasteiger partial charge in [0.15, 0.2) is 0 Å². The lowest BCUT2D eigenvalue weighted by molar-refractivity contribution is -0.120. The molecule has 0 fully saturated rings. The Morgan fingerprint density at radius 3 is 2.60 bits per heavy atom. The van der Waals surface area contributed by atoms with E-state index in [9.17, 15) is 9.90 Å². The van der Waals surface area contributed by atoms with Crippen molar-refractivity contribution in [3.63, 3.8) is 0 Å². The SMILES string of the molecule is COc1ccc(Cn2cc(CN(C(=O)C3CCCc4c(O)cccc43)c3ccc(C(C)C)nc3)cn2)c(OC)n1.Cl.Cl. The van der Waals surface area contributed by atoms with Gasteiger partial charge in [-0.05, 0) is 60.6 Å². The van der Waals surface area contributed by atoms with E-state index in [1.165, 1.54) is 0 Å². The zero-order valence-corrected chi connectivity index (χ0v) is 25.8. The van der Waals surface area contributed by atoms with Crippen molar-refractivity contribution in [3.8, 4) is 17.5 Å². The molecule has 0 bridgehead atoms. The molecular formula is C31H37Cl2N5O4. The number of aromatic hydroxyl groups is 1. The molecule has 1 aliphatic carbocycles. The minimum Gasteiger partial charge on any atom is -0.508 e. The minimum absolute atomic E-state index is 0. The van der Waals surface area contributed by atoms with E-state index in [4.69, 9.17) is 9.47 Å². The molecule has 1 atom stereocenters. The van der Waals surface area contributed by atoms with Crippen molar-refractivity contribution < 1.29 is 19.4 Å². The number of hydrogen-bond donors (Lipinski definition) is 1.